The average Bonchev–Trinajstić information content (AvgIpc) is 2.92. The van der Waals surface area contributed by atoms with Crippen molar-refractivity contribution in [2.24, 2.45) is 0 Å². The molecule has 0 amide bonds. The highest BCUT2D eigenvalue weighted by Crippen LogP contribution is 2.42. The van der Waals surface area contributed by atoms with Crippen molar-refractivity contribution in [2.75, 3.05) is 7.11 Å². The molecule has 118 valence electrons. The third-order valence-corrected chi connectivity index (χ3v) is 3.85. The maximum absolute atomic E-state index is 10.1. The van der Waals surface area contributed by atoms with E-state index in [4.69, 9.17) is 20.9 Å². The molecule has 0 spiro atoms. The van der Waals surface area contributed by atoms with Crippen LogP contribution in [0.15, 0.2) is 40.9 Å². The van der Waals surface area contributed by atoms with Crippen molar-refractivity contribution in [2.45, 2.75) is 6.92 Å². The Hall–Kier alpha value is -2.66. The first-order valence-corrected chi connectivity index (χ1v) is 7.21. The third-order valence-electron chi connectivity index (χ3n) is 3.55. The van der Waals surface area contributed by atoms with Gasteiger partial charge in [0.15, 0.2) is 5.76 Å². The van der Waals surface area contributed by atoms with Crippen LogP contribution in [0, 0.1) is 6.92 Å². The maximum atomic E-state index is 10.1. The average molecular weight is 331 g/mol. The normalized spacial score (nSPS) is 10.7. The number of ether oxygens (including phenoxy) is 1. The first kappa shape index (κ1) is 15.2. The lowest BCUT2D eigenvalue weighted by atomic mass is 9.99. The minimum absolute atomic E-state index is 0.118. The second-order valence-electron chi connectivity index (χ2n) is 5.02. The third kappa shape index (κ3) is 2.71. The van der Waals surface area contributed by atoms with Crippen LogP contribution in [-0.2, 0) is 0 Å². The molecule has 0 saturated heterocycles. The molecule has 1 aromatic heterocycles. The van der Waals surface area contributed by atoms with Crippen LogP contribution in [0.25, 0.3) is 22.5 Å². The van der Waals surface area contributed by atoms with Gasteiger partial charge in [-0.3, -0.25) is 0 Å². The maximum Gasteiger partial charge on any atom is 0.178 e. The van der Waals surface area contributed by atoms with Crippen LogP contribution in [0.3, 0.4) is 0 Å². The highest BCUT2D eigenvalue weighted by atomic mass is 35.5. The van der Waals surface area contributed by atoms with Crippen molar-refractivity contribution in [3.05, 3.63) is 47.1 Å². The van der Waals surface area contributed by atoms with Gasteiger partial charge in [0.2, 0.25) is 0 Å². The van der Waals surface area contributed by atoms with E-state index in [1.54, 1.807) is 7.11 Å². The van der Waals surface area contributed by atoms with E-state index in [0.717, 1.165) is 16.9 Å². The molecule has 6 heteroatoms. The number of methoxy groups -OCH3 is 1. The predicted molar refractivity (Wildman–Crippen MR) is 87.0 cm³/mol. The number of phenols is 2. The number of hydrogen-bond donors (Lipinski definition) is 2. The molecule has 23 heavy (non-hydrogen) atoms. The zero-order valence-corrected chi connectivity index (χ0v) is 13.3. The van der Waals surface area contributed by atoms with Crippen molar-refractivity contribution >= 4 is 11.6 Å². The topological polar surface area (TPSA) is 75.7 Å². The summed E-state index contributed by atoms with van der Waals surface area (Å²) in [6.45, 7) is 1.81. The first-order chi connectivity index (χ1) is 11.0. The van der Waals surface area contributed by atoms with E-state index < -0.39 is 0 Å². The predicted octanol–water partition coefficient (Wildman–Crippen LogP) is 4.39. The molecule has 3 aromatic rings. The summed E-state index contributed by atoms with van der Waals surface area (Å²) in [6.07, 6.45) is 0. The number of aryl methyl sites for hydroxylation is 1. The van der Waals surface area contributed by atoms with E-state index in [1.807, 2.05) is 31.2 Å². The van der Waals surface area contributed by atoms with Gasteiger partial charge in [-0.2, -0.15) is 0 Å². The van der Waals surface area contributed by atoms with Gasteiger partial charge in [0.1, 0.15) is 17.2 Å². The molecule has 0 saturated carbocycles. The molecule has 0 fully saturated rings. The fourth-order valence-electron chi connectivity index (χ4n) is 2.38. The van der Waals surface area contributed by atoms with E-state index in [1.165, 1.54) is 12.1 Å². The van der Waals surface area contributed by atoms with Crippen molar-refractivity contribution in [1.29, 1.82) is 0 Å². The summed E-state index contributed by atoms with van der Waals surface area (Å²) in [5, 5.41) is 23.8. The van der Waals surface area contributed by atoms with E-state index in [0.29, 0.717) is 17.0 Å². The molecular weight excluding hydrogens is 317 g/mol. The van der Waals surface area contributed by atoms with Crippen molar-refractivity contribution in [3.8, 4) is 39.7 Å². The van der Waals surface area contributed by atoms with Gasteiger partial charge in [0.05, 0.1) is 29.0 Å². The standard InChI is InChI=1S/C17H14ClNO4/c1-9-16(10-3-5-11(22-2)6-4-10)17(23-19-9)12-7-13(18)15(21)8-14(12)20/h3-8,20-21H,1-2H3/i2-1. The fraction of sp³-hybridized carbons (Fsp3) is 0.118. The Morgan fingerprint density at radius 1 is 1.09 bits per heavy atom. The first-order valence-electron chi connectivity index (χ1n) is 6.83. The Morgan fingerprint density at radius 3 is 2.43 bits per heavy atom. The minimum Gasteiger partial charge on any atom is -0.507 e. The molecule has 0 aliphatic carbocycles. The minimum atomic E-state index is -0.199. The largest absolute Gasteiger partial charge is 0.507 e. The molecule has 0 bridgehead atoms. The highest BCUT2D eigenvalue weighted by molar-refractivity contribution is 6.32. The van der Waals surface area contributed by atoms with Gasteiger partial charge < -0.3 is 19.5 Å². The zero-order valence-electron chi connectivity index (χ0n) is 12.5. The van der Waals surface area contributed by atoms with Crippen molar-refractivity contribution in [3.63, 3.8) is 0 Å². The van der Waals surface area contributed by atoms with Crippen LogP contribution < -0.4 is 4.74 Å². The van der Waals surface area contributed by atoms with Crippen LogP contribution in [0.1, 0.15) is 5.69 Å². The monoisotopic (exact) mass is 330 g/mol. The molecular formula is C17H14ClNO4. The second-order valence-corrected chi connectivity index (χ2v) is 5.43. The van der Waals surface area contributed by atoms with Gasteiger partial charge in [-0.15, -0.1) is 0 Å². The van der Waals surface area contributed by atoms with E-state index in [-0.39, 0.29) is 16.5 Å². The Balaban J connectivity index is 2.17. The summed E-state index contributed by atoms with van der Waals surface area (Å²) in [7, 11) is 1.60. The van der Waals surface area contributed by atoms with E-state index in [9.17, 15) is 10.2 Å². The molecule has 0 radical (unpaired) electrons. The quantitative estimate of drug-likeness (QED) is 0.744. The van der Waals surface area contributed by atoms with Crippen LogP contribution >= 0.6 is 11.6 Å². The summed E-state index contributed by atoms with van der Waals surface area (Å²) >= 11 is 5.94. The van der Waals surface area contributed by atoms with Crippen LogP contribution in [0.2, 0.25) is 5.02 Å². The van der Waals surface area contributed by atoms with Crippen molar-refractivity contribution in [1.82, 2.24) is 5.16 Å². The highest BCUT2D eigenvalue weighted by Gasteiger charge is 2.21. The Kier molecular flexibility index (Phi) is 3.88. The molecule has 2 aromatic carbocycles. The lowest BCUT2D eigenvalue weighted by Gasteiger charge is -2.07. The van der Waals surface area contributed by atoms with E-state index in [2.05, 4.69) is 5.16 Å². The summed E-state index contributed by atoms with van der Waals surface area (Å²) < 4.78 is 10.5. The summed E-state index contributed by atoms with van der Waals surface area (Å²) in [5.74, 6) is 0.778. The molecule has 0 atom stereocenters. The lowest BCUT2D eigenvalue weighted by molar-refractivity contribution is 0.415. The molecule has 0 unspecified atom stereocenters. The number of halogens is 1. The number of hydrogen-bond acceptors (Lipinski definition) is 5. The Morgan fingerprint density at radius 2 is 1.78 bits per heavy atom. The van der Waals surface area contributed by atoms with Gasteiger partial charge in [0.25, 0.3) is 0 Å². The number of nitrogens with zero attached hydrogens (tertiary/aromatic N) is 1. The van der Waals surface area contributed by atoms with Crippen molar-refractivity contribution < 1.29 is 19.5 Å². The van der Waals surface area contributed by atoms with Gasteiger partial charge >= 0.3 is 0 Å². The zero-order chi connectivity index (χ0) is 16.6. The van der Waals surface area contributed by atoms with Crippen LogP contribution in [0.5, 0.6) is 17.2 Å². The molecule has 3 rings (SSSR count). The fourth-order valence-corrected chi connectivity index (χ4v) is 2.55. The van der Waals surface area contributed by atoms with Gasteiger partial charge in [-0.05, 0) is 30.7 Å². The smallest absolute Gasteiger partial charge is 0.178 e. The molecule has 1 heterocycles. The van der Waals surface area contributed by atoms with Gasteiger partial charge in [-0.1, -0.05) is 28.9 Å². The van der Waals surface area contributed by atoms with Crippen LogP contribution in [-0.4, -0.2) is 22.5 Å². The number of rotatable bonds is 3. The Bertz CT molecular complexity index is 856. The van der Waals surface area contributed by atoms with Gasteiger partial charge in [-0.25, -0.2) is 0 Å². The molecule has 2 N–H and O–H groups in total. The van der Waals surface area contributed by atoms with Crippen LogP contribution in [0.4, 0.5) is 0 Å². The summed E-state index contributed by atoms with van der Waals surface area (Å²) in [6, 6.07) is 10.0. The summed E-state index contributed by atoms with van der Waals surface area (Å²) in [5.41, 5.74) is 2.64. The SMILES string of the molecule is Cc1noc(-c2cc(Cl)c(O)cc2O)c1-c1ccc(O[11CH3])cc1. The Labute approximate surface area is 137 Å². The lowest BCUT2D eigenvalue weighted by Crippen LogP contribution is -1.86. The molecule has 5 nitrogen and oxygen atoms in total. The number of phenolic OH excluding ortho intramolecular Hbond substituents is 2. The summed E-state index contributed by atoms with van der Waals surface area (Å²) in [4.78, 5) is 0. The molecule has 0 aliphatic heterocycles. The van der Waals surface area contributed by atoms with E-state index >= 15 is 0 Å². The van der Waals surface area contributed by atoms with Gasteiger partial charge in [0, 0.05) is 6.07 Å². The number of aromatic nitrogens is 1. The molecule has 0 aliphatic rings. The second kappa shape index (κ2) is 5.85. The number of benzene rings is 2. The number of aromatic hydroxyl groups is 2.